The number of hydrogen-bond acceptors (Lipinski definition) is 4. The zero-order valence-electron chi connectivity index (χ0n) is 10.1. The molecule has 1 rings (SSSR count). The van der Waals surface area contributed by atoms with Crippen molar-refractivity contribution in [3.05, 3.63) is 35.4 Å². The SMILES string of the molecule is COCCS(=O)(=O)Cc1ccc(CC(=O)O)cc1. The molecule has 0 unspecified atom stereocenters. The van der Waals surface area contributed by atoms with E-state index in [0.29, 0.717) is 11.1 Å². The van der Waals surface area contributed by atoms with Crippen LogP contribution >= 0.6 is 0 Å². The number of aliphatic carboxylic acids is 1. The highest BCUT2D eigenvalue weighted by Gasteiger charge is 2.11. The number of sulfone groups is 1. The molecule has 0 radical (unpaired) electrons. The molecule has 5 nitrogen and oxygen atoms in total. The normalized spacial score (nSPS) is 11.4. The van der Waals surface area contributed by atoms with Crippen molar-refractivity contribution in [3.8, 4) is 0 Å². The number of carbonyl (C=O) groups is 1. The first-order chi connectivity index (χ1) is 8.43. The van der Waals surface area contributed by atoms with Gasteiger partial charge in [0.15, 0.2) is 9.84 Å². The van der Waals surface area contributed by atoms with Crippen LogP contribution in [0.4, 0.5) is 0 Å². The Morgan fingerprint density at radius 2 is 1.78 bits per heavy atom. The van der Waals surface area contributed by atoms with E-state index in [1.165, 1.54) is 7.11 Å². The third-order valence-electron chi connectivity index (χ3n) is 2.36. The van der Waals surface area contributed by atoms with Crippen LogP contribution in [-0.2, 0) is 31.5 Å². The van der Waals surface area contributed by atoms with Gasteiger partial charge in [0.25, 0.3) is 0 Å². The van der Waals surface area contributed by atoms with Crippen molar-refractivity contribution in [2.45, 2.75) is 12.2 Å². The zero-order chi connectivity index (χ0) is 13.6. The Kier molecular flexibility index (Phi) is 5.30. The lowest BCUT2D eigenvalue weighted by Gasteiger charge is -2.05. The predicted octanol–water partition coefficient (Wildman–Crippen LogP) is 0.875. The maximum absolute atomic E-state index is 11.6. The molecule has 0 aliphatic heterocycles. The fourth-order valence-corrected chi connectivity index (χ4v) is 2.73. The molecule has 0 saturated heterocycles. The first kappa shape index (κ1) is 14.7. The van der Waals surface area contributed by atoms with Gasteiger partial charge in [0, 0.05) is 7.11 Å². The molecule has 0 heterocycles. The molecule has 0 amide bonds. The van der Waals surface area contributed by atoms with Gasteiger partial charge in [-0.25, -0.2) is 8.42 Å². The fraction of sp³-hybridized carbons (Fsp3) is 0.417. The highest BCUT2D eigenvalue weighted by molar-refractivity contribution is 7.90. The molecule has 0 bridgehead atoms. The van der Waals surface area contributed by atoms with Gasteiger partial charge < -0.3 is 9.84 Å². The van der Waals surface area contributed by atoms with Crippen molar-refractivity contribution >= 4 is 15.8 Å². The molecule has 1 N–H and O–H groups in total. The molecule has 0 atom stereocenters. The number of methoxy groups -OCH3 is 1. The summed E-state index contributed by atoms with van der Waals surface area (Å²) in [6, 6.07) is 6.55. The predicted molar refractivity (Wildman–Crippen MR) is 67.1 cm³/mol. The van der Waals surface area contributed by atoms with Crippen LogP contribution in [0.2, 0.25) is 0 Å². The number of hydrogen-bond donors (Lipinski definition) is 1. The van der Waals surface area contributed by atoms with Gasteiger partial charge in [-0.2, -0.15) is 0 Å². The van der Waals surface area contributed by atoms with E-state index in [0.717, 1.165) is 0 Å². The Morgan fingerprint density at radius 3 is 2.28 bits per heavy atom. The Labute approximate surface area is 106 Å². The van der Waals surface area contributed by atoms with Gasteiger partial charge in [0.2, 0.25) is 0 Å². The van der Waals surface area contributed by atoms with Crippen LogP contribution in [-0.4, -0.2) is 39.0 Å². The average molecular weight is 272 g/mol. The van der Waals surface area contributed by atoms with E-state index in [1.54, 1.807) is 24.3 Å². The van der Waals surface area contributed by atoms with Crippen molar-refractivity contribution in [2.75, 3.05) is 19.5 Å². The summed E-state index contributed by atoms with van der Waals surface area (Å²) in [7, 11) is -1.72. The smallest absolute Gasteiger partial charge is 0.307 e. The number of ether oxygens (including phenoxy) is 1. The lowest BCUT2D eigenvalue weighted by atomic mass is 10.1. The van der Waals surface area contributed by atoms with Crippen molar-refractivity contribution in [1.82, 2.24) is 0 Å². The van der Waals surface area contributed by atoms with Crippen LogP contribution in [0.15, 0.2) is 24.3 Å². The quantitative estimate of drug-likeness (QED) is 0.796. The highest BCUT2D eigenvalue weighted by Crippen LogP contribution is 2.09. The summed E-state index contributed by atoms with van der Waals surface area (Å²) in [6.45, 7) is 0.180. The molecule has 0 fully saturated rings. The van der Waals surface area contributed by atoms with Crippen molar-refractivity contribution in [2.24, 2.45) is 0 Å². The summed E-state index contributed by atoms with van der Waals surface area (Å²) in [4.78, 5) is 10.5. The maximum Gasteiger partial charge on any atom is 0.307 e. The van der Waals surface area contributed by atoms with Gasteiger partial charge in [-0.3, -0.25) is 4.79 Å². The second kappa shape index (κ2) is 6.51. The second-order valence-corrected chi connectivity index (χ2v) is 6.16. The van der Waals surface area contributed by atoms with Crippen molar-refractivity contribution in [1.29, 1.82) is 0 Å². The molecule has 0 aliphatic rings. The Hall–Kier alpha value is -1.40. The maximum atomic E-state index is 11.6. The van der Waals surface area contributed by atoms with Crippen molar-refractivity contribution < 1.29 is 23.1 Å². The zero-order valence-corrected chi connectivity index (χ0v) is 10.9. The van der Waals surface area contributed by atoms with Crippen LogP contribution in [0, 0.1) is 0 Å². The molecule has 100 valence electrons. The second-order valence-electron chi connectivity index (χ2n) is 3.97. The molecular formula is C12H16O5S. The minimum absolute atomic E-state index is 0.0135. The van der Waals surface area contributed by atoms with Gasteiger partial charge in [0.1, 0.15) is 0 Å². The highest BCUT2D eigenvalue weighted by atomic mass is 32.2. The van der Waals surface area contributed by atoms with E-state index >= 15 is 0 Å². The fourth-order valence-electron chi connectivity index (χ4n) is 1.46. The Morgan fingerprint density at radius 1 is 1.22 bits per heavy atom. The van der Waals surface area contributed by atoms with E-state index < -0.39 is 15.8 Å². The van der Waals surface area contributed by atoms with Gasteiger partial charge in [-0.1, -0.05) is 24.3 Å². The summed E-state index contributed by atoms with van der Waals surface area (Å²) in [5.74, 6) is -0.972. The monoisotopic (exact) mass is 272 g/mol. The van der Waals surface area contributed by atoms with E-state index in [1.807, 2.05) is 0 Å². The molecule has 0 saturated carbocycles. The summed E-state index contributed by atoms with van der Waals surface area (Å²) in [5, 5.41) is 8.61. The number of carboxylic acid groups (broad SMARTS) is 1. The minimum Gasteiger partial charge on any atom is -0.481 e. The summed E-state index contributed by atoms with van der Waals surface area (Å²) in [5.41, 5.74) is 1.31. The van der Waals surface area contributed by atoms with Crippen LogP contribution in [0.3, 0.4) is 0 Å². The first-order valence-corrected chi connectivity index (χ1v) is 7.24. The van der Waals surface area contributed by atoms with Crippen LogP contribution in [0.5, 0.6) is 0 Å². The van der Waals surface area contributed by atoms with E-state index in [2.05, 4.69) is 0 Å². The third-order valence-corrected chi connectivity index (χ3v) is 3.93. The lowest BCUT2D eigenvalue weighted by molar-refractivity contribution is -0.136. The molecule has 0 spiro atoms. The van der Waals surface area contributed by atoms with Crippen LogP contribution in [0.1, 0.15) is 11.1 Å². The van der Waals surface area contributed by atoms with Crippen LogP contribution in [0.25, 0.3) is 0 Å². The van der Waals surface area contributed by atoms with E-state index in [4.69, 9.17) is 9.84 Å². The molecule has 1 aromatic rings. The Bertz CT molecular complexity index is 490. The molecule has 0 aliphatic carbocycles. The summed E-state index contributed by atoms with van der Waals surface area (Å²) in [6.07, 6.45) is -0.0588. The van der Waals surface area contributed by atoms with Gasteiger partial charge >= 0.3 is 5.97 Å². The minimum atomic E-state index is -3.17. The van der Waals surface area contributed by atoms with Crippen LogP contribution < -0.4 is 0 Å². The topological polar surface area (TPSA) is 80.7 Å². The molecule has 6 heteroatoms. The average Bonchev–Trinajstić information content (AvgIpc) is 2.28. The largest absolute Gasteiger partial charge is 0.481 e. The number of benzene rings is 1. The first-order valence-electron chi connectivity index (χ1n) is 5.42. The molecule has 0 aromatic heterocycles. The van der Waals surface area contributed by atoms with E-state index in [9.17, 15) is 13.2 Å². The lowest BCUT2D eigenvalue weighted by Crippen LogP contribution is -2.13. The standard InChI is InChI=1S/C12H16O5S/c1-17-6-7-18(15,16)9-11-4-2-10(3-5-11)8-12(13)14/h2-5H,6-9H2,1H3,(H,13,14). The molecule has 1 aromatic carbocycles. The van der Waals surface area contributed by atoms with Gasteiger partial charge in [-0.15, -0.1) is 0 Å². The van der Waals surface area contributed by atoms with Crippen molar-refractivity contribution in [3.63, 3.8) is 0 Å². The third kappa shape index (κ3) is 5.29. The molecular weight excluding hydrogens is 256 g/mol. The summed E-state index contributed by atoms with van der Waals surface area (Å²) >= 11 is 0. The number of carboxylic acids is 1. The van der Waals surface area contributed by atoms with Gasteiger partial charge in [0.05, 0.1) is 24.5 Å². The Balaban J connectivity index is 2.66. The van der Waals surface area contributed by atoms with E-state index in [-0.39, 0.29) is 24.5 Å². The molecule has 18 heavy (non-hydrogen) atoms. The summed E-state index contributed by atoms with van der Waals surface area (Å²) < 4.78 is 28.0. The van der Waals surface area contributed by atoms with Gasteiger partial charge in [-0.05, 0) is 11.1 Å². The number of rotatable bonds is 7.